The average molecular weight is 276 g/mol. The third-order valence-electron chi connectivity index (χ3n) is 3.51. The van der Waals surface area contributed by atoms with Crippen LogP contribution in [0, 0.1) is 6.92 Å². The molecule has 0 radical (unpaired) electrons. The largest absolute Gasteiger partial charge is 0.467 e. The van der Waals surface area contributed by atoms with E-state index in [-0.39, 0.29) is 12.0 Å². The molecule has 5 nitrogen and oxygen atoms in total. The molecule has 1 aliphatic heterocycles. The molecular weight excluding hydrogens is 256 g/mol. The van der Waals surface area contributed by atoms with Crippen LogP contribution in [0.1, 0.15) is 24.8 Å². The summed E-state index contributed by atoms with van der Waals surface area (Å²) in [6.45, 7) is 2.55. The number of carbonyl (C=O) groups excluding carboxylic acids is 2. The van der Waals surface area contributed by atoms with Gasteiger partial charge in [-0.2, -0.15) is 0 Å². The molecule has 1 saturated heterocycles. The van der Waals surface area contributed by atoms with Gasteiger partial charge in [-0.25, -0.2) is 9.59 Å². The Hall–Kier alpha value is -2.04. The van der Waals surface area contributed by atoms with E-state index in [1.54, 1.807) is 4.90 Å². The lowest BCUT2D eigenvalue weighted by Gasteiger charge is -2.33. The molecule has 2 amide bonds. The topological polar surface area (TPSA) is 58.6 Å². The first-order chi connectivity index (χ1) is 9.61. The number of urea groups is 1. The Morgan fingerprint density at radius 2 is 2.15 bits per heavy atom. The maximum absolute atomic E-state index is 12.3. The van der Waals surface area contributed by atoms with E-state index in [4.69, 9.17) is 4.74 Å². The van der Waals surface area contributed by atoms with Crippen molar-refractivity contribution in [2.75, 3.05) is 19.0 Å². The van der Waals surface area contributed by atoms with Gasteiger partial charge in [0, 0.05) is 12.2 Å². The number of methoxy groups -OCH3 is 1. The van der Waals surface area contributed by atoms with Gasteiger partial charge in [-0.1, -0.05) is 12.1 Å². The first-order valence-corrected chi connectivity index (χ1v) is 6.84. The Kier molecular flexibility index (Phi) is 4.61. The number of benzene rings is 1. The van der Waals surface area contributed by atoms with Crippen LogP contribution < -0.4 is 5.32 Å². The van der Waals surface area contributed by atoms with Crippen LogP contribution in [0.3, 0.4) is 0 Å². The van der Waals surface area contributed by atoms with Gasteiger partial charge in [-0.15, -0.1) is 0 Å². The SMILES string of the molecule is COC(=O)C1CCCCN1C(=O)Nc1cccc(C)c1. The summed E-state index contributed by atoms with van der Waals surface area (Å²) in [6, 6.07) is 6.87. The molecule has 1 fully saturated rings. The second kappa shape index (κ2) is 6.41. The molecular formula is C15H20N2O3. The molecule has 0 aliphatic carbocycles. The van der Waals surface area contributed by atoms with Crippen molar-refractivity contribution in [2.45, 2.75) is 32.2 Å². The van der Waals surface area contributed by atoms with Gasteiger partial charge in [-0.05, 0) is 43.9 Å². The Morgan fingerprint density at radius 3 is 2.85 bits per heavy atom. The number of amides is 2. The minimum atomic E-state index is -0.474. The van der Waals surface area contributed by atoms with Crippen molar-refractivity contribution < 1.29 is 14.3 Å². The normalized spacial score (nSPS) is 18.5. The molecule has 1 aliphatic rings. The van der Waals surface area contributed by atoms with Crippen molar-refractivity contribution >= 4 is 17.7 Å². The molecule has 0 bridgehead atoms. The van der Waals surface area contributed by atoms with Gasteiger partial charge in [-0.3, -0.25) is 0 Å². The van der Waals surface area contributed by atoms with E-state index >= 15 is 0 Å². The lowest BCUT2D eigenvalue weighted by molar-refractivity contribution is -0.146. The van der Waals surface area contributed by atoms with Gasteiger partial charge in [0.15, 0.2) is 0 Å². The van der Waals surface area contributed by atoms with E-state index in [1.807, 2.05) is 31.2 Å². The number of likely N-dealkylation sites (tertiary alicyclic amines) is 1. The highest BCUT2D eigenvalue weighted by Crippen LogP contribution is 2.20. The zero-order chi connectivity index (χ0) is 14.5. The van der Waals surface area contributed by atoms with E-state index < -0.39 is 6.04 Å². The van der Waals surface area contributed by atoms with Gasteiger partial charge in [0.2, 0.25) is 0 Å². The molecule has 1 atom stereocenters. The van der Waals surface area contributed by atoms with Crippen LogP contribution in [0.4, 0.5) is 10.5 Å². The number of piperidine rings is 1. The van der Waals surface area contributed by atoms with Gasteiger partial charge < -0.3 is 15.0 Å². The number of hydrogen-bond donors (Lipinski definition) is 1. The maximum Gasteiger partial charge on any atom is 0.328 e. The second-order valence-corrected chi connectivity index (χ2v) is 5.03. The van der Waals surface area contributed by atoms with Gasteiger partial charge >= 0.3 is 12.0 Å². The highest BCUT2D eigenvalue weighted by Gasteiger charge is 2.32. The van der Waals surface area contributed by atoms with Gasteiger partial charge in [0.1, 0.15) is 6.04 Å². The number of rotatable bonds is 2. The van der Waals surface area contributed by atoms with Crippen LogP contribution in [-0.4, -0.2) is 36.6 Å². The van der Waals surface area contributed by atoms with E-state index in [0.29, 0.717) is 13.0 Å². The Morgan fingerprint density at radius 1 is 1.35 bits per heavy atom. The number of carbonyl (C=O) groups is 2. The van der Waals surface area contributed by atoms with Crippen molar-refractivity contribution in [2.24, 2.45) is 0 Å². The number of anilines is 1. The monoisotopic (exact) mass is 276 g/mol. The first-order valence-electron chi connectivity index (χ1n) is 6.84. The molecule has 5 heteroatoms. The zero-order valence-electron chi connectivity index (χ0n) is 11.9. The van der Waals surface area contributed by atoms with Crippen molar-refractivity contribution in [1.82, 2.24) is 4.90 Å². The van der Waals surface area contributed by atoms with Crippen molar-refractivity contribution in [3.05, 3.63) is 29.8 Å². The number of hydrogen-bond acceptors (Lipinski definition) is 3. The quantitative estimate of drug-likeness (QED) is 0.844. The van der Waals surface area contributed by atoms with Crippen LogP contribution in [0.2, 0.25) is 0 Å². The molecule has 2 rings (SSSR count). The number of nitrogens with one attached hydrogen (secondary N) is 1. The average Bonchev–Trinajstić information content (AvgIpc) is 2.46. The molecule has 0 saturated carbocycles. The maximum atomic E-state index is 12.3. The fraction of sp³-hybridized carbons (Fsp3) is 0.467. The van der Waals surface area contributed by atoms with Crippen LogP contribution in [0.5, 0.6) is 0 Å². The lowest BCUT2D eigenvalue weighted by atomic mass is 10.0. The molecule has 1 N–H and O–H groups in total. The molecule has 0 aromatic heterocycles. The Bertz CT molecular complexity index is 502. The van der Waals surface area contributed by atoms with Gasteiger partial charge in [0.05, 0.1) is 7.11 Å². The minimum absolute atomic E-state index is 0.245. The summed E-state index contributed by atoms with van der Waals surface area (Å²) in [5.74, 6) is -0.343. The minimum Gasteiger partial charge on any atom is -0.467 e. The molecule has 0 spiro atoms. The molecule has 1 heterocycles. The summed E-state index contributed by atoms with van der Waals surface area (Å²) >= 11 is 0. The Labute approximate surface area is 118 Å². The number of aryl methyl sites for hydroxylation is 1. The van der Waals surface area contributed by atoms with Crippen molar-refractivity contribution in [3.8, 4) is 0 Å². The van der Waals surface area contributed by atoms with E-state index in [1.165, 1.54) is 7.11 Å². The van der Waals surface area contributed by atoms with Crippen LogP contribution >= 0.6 is 0 Å². The molecule has 108 valence electrons. The zero-order valence-corrected chi connectivity index (χ0v) is 11.9. The van der Waals surface area contributed by atoms with Crippen LogP contribution in [-0.2, 0) is 9.53 Å². The number of ether oxygens (including phenoxy) is 1. The third kappa shape index (κ3) is 3.29. The van der Waals surface area contributed by atoms with Crippen LogP contribution in [0.15, 0.2) is 24.3 Å². The third-order valence-corrected chi connectivity index (χ3v) is 3.51. The highest BCUT2D eigenvalue weighted by atomic mass is 16.5. The van der Waals surface area contributed by atoms with Crippen molar-refractivity contribution in [1.29, 1.82) is 0 Å². The predicted molar refractivity (Wildman–Crippen MR) is 76.6 cm³/mol. The first kappa shape index (κ1) is 14.4. The summed E-state index contributed by atoms with van der Waals surface area (Å²) < 4.78 is 4.78. The van der Waals surface area contributed by atoms with E-state index in [2.05, 4.69) is 5.32 Å². The fourth-order valence-electron chi connectivity index (χ4n) is 2.47. The highest BCUT2D eigenvalue weighted by molar-refractivity contribution is 5.92. The predicted octanol–water partition coefficient (Wildman–Crippen LogP) is 2.55. The molecule has 1 unspecified atom stereocenters. The summed E-state index contributed by atoms with van der Waals surface area (Å²) in [7, 11) is 1.35. The molecule has 1 aromatic carbocycles. The molecule has 1 aromatic rings. The van der Waals surface area contributed by atoms with Crippen molar-refractivity contribution in [3.63, 3.8) is 0 Å². The van der Waals surface area contributed by atoms with Crippen LogP contribution in [0.25, 0.3) is 0 Å². The smallest absolute Gasteiger partial charge is 0.328 e. The summed E-state index contributed by atoms with van der Waals surface area (Å²) in [5.41, 5.74) is 1.81. The summed E-state index contributed by atoms with van der Waals surface area (Å²) in [5, 5.41) is 2.84. The number of esters is 1. The lowest BCUT2D eigenvalue weighted by Crippen LogP contribution is -2.50. The fourth-order valence-corrected chi connectivity index (χ4v) is 2.47. The van der Waals surface area contributed by atoms with E-state index in [9.17, 15) is 9.59 Å². The standard InChI is InChI=1S/C15H20N2O3/c1-11-6-5-7-12(10-11)16-15(19)17-9-4-3-8-13(17)14(18)20-2/h5-7,10,13H,3-4,8-9H2,1-2H3,(H,16,19). The van der Waals surface area contributed by atoms with Gasteiger partial charge in [0.25, 0.3) is 0 Å². The summed E-state index contributed by atoms with van der Waals surface area (Å²) in [4.78, 5) is 25.6. The second-order valence-electron chi connectivity index (χ2n) is 5.03. The van der Waals surface area contributed by atoms with E-state index in [0.717, 1.165) is 24.1 Å². The summed E-state index contributed by atoms with van der Waals surface area (Å²) in [6.07, 6.45) is 2.51. The molecule has 20 heavy (non-hydrogen) atoms. The Balaban J connectivity index is 2.08. The number of nitrogens with zero attached hydrogens (tertiary/aromatic N) is 1.